The summed E-state index contributed by atoms with van der Waals surface area (Å²) < 4.78 is 18.2. The fourth-order valence-electron chi connectivity index (χ4n) is 1.57. The second kappa shape index (κ2) is 7.43. The minimum absolute atomic E-state index is 0.167. The number of esters is 1. The second-order valence-electron chi connectivity index (χ2n) is 3.89. The van der Waals surface area contributed by atoms with Crippen molar-refractivity contribution in [1.29, 1.82) is 0 Å². The molecular weight excluding hydrogens is 287 g/mol. The largest absolute Gasteiger partial charge is 0.469 e. The molecule has 0 fully saturated rings. The van der Waals surface area contributed by atoms with Crippen molar-refractivity contribution < 1.29 is 13.9 Å². The molecule has 0 radical (unpaired) electrons. The molecule has 0 aromatic heterocycles. The molecule has 17 heavy (non-hydrogen) atoms. The van der Waals surface area contributed by atoms with Gasteiger partial charge in [-0.25, -0.2) is 4.39 Å². The van der Waals surface area contributed by atoms with E-state index >= 15 is 0 Å². The summed E-state index contributed by atoms with van der Waals surface area (Å²) in [5, 5.41) is 0. The molecule has 0 aliphatic rings. The summed E-state index contributed by atoms with van der Waals surface area (Å²) in [7, 11) is 1.40. The van der Waals surface area contributed by atoms with Gasteiger partial charge in [0, 0.05) is 6.42 Å². The van der Waals surface area contributed by atoms with E-state index in [1.807, 2.05) is 6.07 Å². The highest BCUT2D eigenvalue weighted by molar-refractivity contribution is 9.10. The lowest BCUT2D eigenvalue weighted by molar-refractivity contribution is -0.140. The first-order valence-corrected chi connectivity index (χ1v) is 6.43. The Morgan fingerprint density at radius 2 is 2.12 bits per heavy atom. The van der Waals surface area contributed by atoms with Crippen LogP contribution in [0.25, 0.3) is 0 Å². The number of halogens is 2. The molecule has 0 saturated carbocycles. The van der Waals surface area contributed by atoms with Gasteiger partial charge in [-0.3, -0.25) is 4.79 Å². The molecule has 0 aliphatic heterocycles. The maximum atomic E-state index is 13.2. The van der Waals surface area contributed by atoms with Gasteiger partial charge in [-0.15, -0.1) is 0 Å². The molecule has 4 heteroatoms. The van der Waals surface area contributed by atoms with Crippen LogP contribution in [0.5, 0.6) is 0 Å². The Morgan fingerprint density at radius 1 is 1.35 bits per heavy atom. The fourth-order valence-corrected chi connectivity index (χ4v) is 1.82. The summed E-state index contributed by atoms with van der Waals surface area (Å²) in [5.41, 5.74) is 0.990. The van der Waals surface area contributed by atoms with Crippen LogP contribution in [0.3, 0.4) is 0 Å². The zero-order chi connectivity index (χ0) is 12.7. The molecule has 1 aromatic carbocycles. The highest BCUT2D eigenvalue weighted by Crippen LogP contribution is 2.17. The third kappa shape index (κ3) is 5.31. The Morgan fingerprint density at radius 3 is 2.76 bits per heavy atom. The number of aryl methyl sites for hydroxylation is 1. The van der Waals surface area contributed by atoms with Crippen molar-refractivity contribution in [3.8, 4) is 0 Å². The third-order valence-electron chi connectivity index (χ3n) is 2.56. The zero-order valence-corrected chi connectivity index (χ0v) is 11.4. The van der Waals surface area contributed by atoms with Gasteiger partial charge in [0.25, 0.3) is 0 Å². The van der Waals surface area contributed by atoms with Gasteiger partial charge in [-0.1, -0.05) is 12.5 Å². The van der Waals surface area contributed by atoms with E-state index in [4.69, 9.17) is 0 Å². The first kappa shape index (κ1) is 14.2. The van der Waals surface area contributed by atoms with Gasteiger partial charge < -0.3 is 4.74 Å². The van der Waals surface area contributed by atoms with Gasteiger partial charge in [0.05, 0.1) is 11.6 Å². The molecule has 0 spiro atoms. The highest BCUT2D eigenvalue weighted by atomic mass is 79.9. The van der Waals surface area contributed by atoms with Crippen molar-refractivity contribution in [3.05, 3.63) is 34.1 Å². The van der Waals surface area contributed by atoms with E-state index in [-0.39, 0.29) is 11.8 Å². The molecule has 0 bridgehead atoms. The standard InChI is InChI=1S/C13H16BrFO2/c1-17-13(16)6-4-2-3-5-10-7-8-11(14)12(15)9-10/h7-9H,2-6H2,1H3. The zero-order valence-electron chi connectivity index (χ0n) is 9.84. The van der Waals surface area contributed by atoms with Gasteiger partial charge in [0.15, 0.2) is 0 Å². The molecule has 1 aromatic rings. The number of methoxy groups -OCH3 is 1. The first-order valence-electron chi connectivity index (χ1n) is 5.64. The Hall–Kier alpha value is -0.900. The first-order chi connectivity index (χ1) is 8.13. The second-order valence-corrected chi connectivity index (χ2v) is 4.74. The summed E-state index contributed by atoms with van der Waals surface area (Å²) >= 11 is 3.12. The van der Waals surface area contributed by atoms with Crippen LogP contribution in [0.4, 0.5) is 4.39 Å². The molecule has 0 unspecified atom stereocenters. The lowest BCUT2D eigenvalue weighted by Gasteiger charge is -2.03. The fraction of sp³-hybridized carbons (Fsp3) is 0.462. The summed E-state index contributed by atoms with van der Waals surface area (Å²) in [6.45, 7) is 0. The van der Waals surface area contributed by atoms with Crippen molar-refractivity contribution in [2.75, 3.05) is 7.11 Å². The minimum Gasteiger partial charge on any atom is -0.469 e. The summed E-state index contributed by atoms with van der Waals surface area (Å²) in [6, 6.07) is 5.18. The van der Waals surface area contributed by atoms with Gasteiger partial charge in [0.2, 0.25) is 0 Å². The van der Waals surface area contributed by atoms with Crippen LogP contribution in [0.1, 0.15) is 31.2 Å². The van der Waals surface area contributed by atoms with Crippen molar-refractivity contribution in [1.82, 2.24) is 0 Å². The number of rotatable bonds is 6. The molecule has 2 nitrogen and oxygen atoms in total. The predicted molar refractivity (Wildman–Crippen MR) is 68.3 cm³/mol. The van der Waals surface area contributed by atoms with Crippen LogP contribution in [-0.2, 0) is 16.0 Å². The summed E-state index contributed by atoms with van der Waals surface area (Å²) in [4.78, 5) is 10.9. The molecule has 0 heterocycles. The Kier molecular flexibility index (Phi) is 6.19. The summed E-state index contributed by atoms with van der Waals surface area (Å²) in [6.07, 6.45) is 4.03. The number of ether oxygens (including phenoxy) is 1. The number of unbranched alkanes of at least 4 members (excludes halogenated alkanes) is 2. The minimum atomic E-state index is -0.225. The van der Waals surface area contributed by atoms with E-state index in [1.54, 1.807) is 12.1 Å². The maximum absolute atomic E-state index is 13.2. The number of hydrogen-bond acceptors (Lipinski definition) is 2. The smallest absolute Gasteiger partial charge is 0.305 e. The number of benzene rings is 1. The monoisotopic (exact) mass is 302 g/mol. The normalized spacial score (nSPS) is 10.3. The number of carbonyl (C=O) groups is 1. The number of carbonyl (C=O) groups excluding carboxylic acids is 1. The van der Waals surface area contributed by atoms with Crippen molar-refractivity contribution in [2.24, 2.45) is 0 Å². The van der Waals surface area contributed by atoms with E-state index in [9.17, 15) is 9.18 Å². The molecular formula is C13H16BrFO2. The SMILES string of the molecule is COC(=O)CCCCCc1ccc(Br)c(F)c1. The maximum Gasteiger partial charge on any atom is 0.305 e. The Balaban J connectivity index is 2.22. The molecule has 0 saturated heterocycles. The topological polar surface area (TPSA) is 26.3 Å². The molecule has 0 amide bonds. The van der Waals surface area contributed by atoms with Crippen LogP contribution in [-0.4, -0.2) is 13.1 Å². The highest BCUT2D eigenvalue weighted by Gasteiger charge is 2.02. The van der Waals surface area contributed by atoms with Gasteiger partial charge in [0.1, 0.15) is 5.82 Å². The van der Waals surface area contributed by atoms with Crippen LogP contribution in [0.2, 0.25) is 0 Å². The van der Waals surface area contributed by atoms with Crippen LogP contribution < -0.4 is 0 Å². The Labute approximate surface area is 109 Å². The molecule has 94 valence electrons. The average Bonchev–Trinajstić information content (AvgIpc) is 2.33. The van der Waals surface area contributed by atoms with E-state index in [0.29, 0.717) is 10.9 Å². The van der Waals surface area contributed by atoms with Gasteiger partial charge in [-0.2, -0.15) is 0 Å². The van der Waals surface area contributed by atoms with Gasteiger partial charge in [-0.05, 0) is 52.9 Å². The van der Waals surface area contributed by atoms with Crippen molar-refractivity contribution in [2.45, 2.75) is 32.1 Å². The van der Waals surface area contributed by atoms with Crippen LogP contribution >= 0.6 is 15.9 Å². The quantitative estimate of drug-likeness (QED) is 0.589. The van der Waals surface area contributed by atoms with Crippen molar-refractivity contribution in [3.63, 3.8) is 0 Å². The molecule has 0 N–H and O–H groups in total. The Bertz CT molecular complexity index is 380. The lowest BCUT2D eigenvalue weighted by atomic mass is 10.1. The predicted octanol–water partition coefficient (Wildman–Crippen LogP) is 3.86. The van der Waals surface area contributed by atoms with Gasteiger partial charge >= 0.3 is 5.97 Å². The summed E-state index contributed by atoms with van der Waals surface area (Å²) in [5.74, 6) is -0.392. The van der Waals surface area contributed by atoms with Crippen LogP contribution in [0.15, 0.2) is 22.7 Å². The van der Waals surface area contributed by atoms with E-state index < -0.39 is 0 Å². The lowest BCUT2D eigenvalue weighted by Crippen LogP contribution is -1.99. The van der Waals surface area contributed by atoms with E-state index in [2.05, 4.69) is 20.7 Å². The third-order valence-corrected chi connectivity index (χ3v) is 3.20. The van der Waals surface area contributed by atoms with Crippen LogP contribution in [0, 0.1) is 5.82 Å². The van der Waals surface area contributed by atoms with Crippen molar-refractivity contribution >= 4 is 21.9 Å². The number of hydrogen-bond donors (Lipinski definition) is 0. The molecule has 1 rings (SSSR count). The molecule has 0 aliphatic carbocycles. The molecule has 0 atom stereocenters. The van der Waals surface area contributed by atoms with E-state index in [0.717, 1.165) is 31.2 Å². The average molecular weight is 303 g/mol. The van der Waals surface area contributed by atoms with E-state index in [1.165, 1.54) is 7.11 Å².